The van der Waals surface area contributed by atoms with E-state index in [1.165, 1.54) is 32.7 Å². The number of rotatable bonds is 3. The highest BCUT2D eigenvalue weighted by atomic mass is 14.8. The van der Waals surface area contributed by atoms with E-state index in [1.54, 1.807) is 0 Å². The Morgan fingerprint density at radius 3 is 2.00 bits per heavy atom. The van der Waals surface area contributed by atoms with E-state index < -0.39 is 0 Å². The normalized spacial score (nSPS) is 11.8. The van der Waals surface area contributed by atoms with Crippen LogP contribution >= 0.6 is 0 Å². The summed E-state index contributed by atoms with van der Waals surface area (Å²) in [6.45, 7) is 0. The molecule has 0 aliphatic heterocycles. The van der Waals surface area contributed by atoms with Crippen molar-refractivity contribution in [3.63, 3.8) is 0 Å². The van der Waals surface area contributed by atoms with Crippen LogP contribution in [0, 0.1) is 0 Å². The second-order valence-corrected chi connectivity index (χ2v) is 13.4. The Labute approximate surface area is 298 Å². The molecule has 11 aromatic rings. The van der Waals surface area contributed by atoms with Gasteiger partial charge in [-0.2, -0.15) is 0 Å². The lowest BCUT2D eigenvalue weighted by atomic mass is 9.93. The van der Waals surface area contributed by atoms with E-state index >= 15 is 0 Å². The molecule has 0 unspecified atom stereocenters. The maximum absolute atomic E-state index is 5.34. The molecule has 11 rings (SSSR count). The van der Waals surface area contributed by atoms with Gasteiger partial charge < -0.3 is 0 Å². The molecule has 0 atom stereocenters. The zero-order valence-corrected chi connectivity index (χ0v) is 28.0. The Kier molecular flexibility index (Phi) is 6.22. The molecule has 0 fully saturated rings. The largest absolute Gasteiger partial charge is 0.254 e. The van der Waals surface area contributed by atoms with Crippen molar-refractivity contribution in [1.82, 2.24) is 19.9 Å². The summed E-state index contributed by atoms with van der Waals surface area (Å²) in [5.41, 5.74) is 11.3. The first-order chi connectivity index (χ1) is 25.8. The molecule has 0 radical (unpaired) electrons. The highest BCUT2D eigenvalue weighted by molar-refractivity contribution is 6.17. The van der Waals surface area contributed by atoms with Gasteiger partial charge in [-0.15, -0.1) is 0 Å². The summed E-state index contributed by atoms with van der Waals surface area (Å²) in [6, 6.07) is 56.1. The minimum absolute atomic E-state index is 0.910. The molecule has 240 valence electrons. The second kappa shape index (κ2) is 11.2. The van der Waals surface area contributed by atoms with Crippen LogP contribution in [0.3, 0.4) is 0 Å². The molecule has 0 N–H and O–H groups in total. The molecule has 0 saturated carbocycles. The third-order valence-electron chi connectivity index (χ3n) is 10.5. The van der Waals surface area contributed by atoms with Gasteiger partial charge in [0.05, 0.1) is 33.3 Å². The fourth-order valence-electron chi connectivity index (χ4n) is 8.02. The molecule has 4 heterocycles. The fraction of sp³-hybridized carbons (Fsp3) is 0. The van der Waals surface area contributed by atoms with E-state index in [4.69, 9.17) is 15.0 Å². The predicted molar refractivity (Wildman–Crippen MR) is 216 cm³/mol. The third-order valence-corrected chi connectivity index (χ3v) is 10.5. The third kappa shape index (κ3) is 4.41. The average molecular weight is 661 g/mol. The Morgan fingerprint density at radius 1 is 0.327 bits per heavy atom. The summed E-state index contributed by atoms with van der Waals surface area (Å²) in [5, 5.41) is 10.3. The van der Waals surface area contributed by atoms with Gasteiger partial charge in [0.2, 0.25) is 0 Å². The number of benzene rings is 7. The van der Waals surface area contributed by atoms with Crippen molar-refractivity contribution >= 4 is 76.1 Å². The summed E-state index contributed by atoms with van der Waals surface area (Å²) >= 11 is 0. The summed E-state index contributed by atoms with van der Waals surface area (Å²) in [4.78, 5) is 19.9. The van der Waals surface area contributed by atoms with Crippen molar-refractivity contribution in [1.29, 1.82) is 0 Å². The van der Waals surface area contributed by atoms with Gasteiger partial charge in [0, 0.05) is 50.5 Å². The monoisotopic (exact) mass is 660 g/mol. The van der Waals surface area contributed by atoms with Crippen molar-refractivity contribution in [2.45, 2.75) is 0 Å². The van der Waals surface area contributed by atoms with Gasteiger partial charge in [-0.25, -0.2) is 9.97 Å². The molecule has 0 aliphatic carbocycles. The minimum Gasteiger partial charge on any atom is -0.254 e. The molecular weight excluding hydrogens is 633 g/mol. The van der Waals surface area contributed by atoms with Gasteiger partial charge in [-0.3, -0.25) is 9.97 Å². The molecule has 4 nitrogen and oxygen atoms in total. The van der Waals surface area contributed by atoms with Crippen molar-refractivity contribution in [2.75, 3.05) is 0 Å². The lowest BCUT2D eigenvalue weighted by Gasteiger charge is -2.14. The number of fused-ring (bicyclic) bond motifs is 10. The lowest BCUT2D eigenvalue weighted by molar-refractivity contribution is 1.37. The molecule has 4 heteroatoms. The minimum atomic E-state index is 0.910. The number of hydrogen-bond donors (Lipinski definition) is 0. The molecule has 0 amide bonds. The van der Waals surface area contributed by atoms with Crippen LogP contribution in [0.2, 0.25) is 0 Å². The molecule has 0 aliphatic rings. The van der Waals surface area contributed by atoms with E-state index in [9.17, 15) is 0 Å². The lowest BCUT2D eigenvalue weighted by Crippen LogP contribution is -1.93. The van der Waals surface area contributed by atoms with Gasteiger partial charge in [0.15, 0.2) is 0 Å². The van der Waals surface area contributed by atoms with Gasteiger partial charge in [0.25, 0.3) is 0 Å². The van der Waals surface area contributed by atoms with Crippen LogP contribution in [0.15, 0.2) is 170 Å². The number of aromatic nitrogens is 4. The van der Waals surface area contributed by atoms with E-state index in [0.29, 0.717) is 0 Å². The van der Waals surface area contributed by atoms with Crippen molar-refractivity contribution in [3.8, 4) is 33.5 Å². The zero-order valence-electron chi connectivity index (χ0n) is 28.0. The molecule has 0 bridgehead atoms. The van der Waals surface area contributed by atoms with Crippen LogP contribution < -0.4 is 0 Å². The summed E-state index contributed by atoms with van der Waals surface area (Å²) in [5.74, 6) is 0. The van der Waals surface area contributed by atoms with Crippen molar-refractivity contribution in [3.05, 3.63) is 170 Å². The van der Waals surface area contributed by atoms with Crippen LogP contribution in [0.25, 0.3) is 110 Å². The number of pyridine rings is 4. The fourth-order valence-corrected chi connectivity index (χ4v) is 8.02. The highest BCUT2D eigenvalue weighted by Gasteiger charge is 2.16. The van der Waals surface area contributed by atoms with Crippen LogP contribution in [0.5, 0.6) is 0 Å². The molecule has 52 heavy (non-hydrogen) atoms. The summed E-state index contributed by atoms with van der Waals surface area (Å²) < 4.78 is 0. The first kappa shape index (κ1) is 28.8. The summed E-state index contributed by atoms with van der Waals surface area (Å²) in [6.07, 6.45) is 3.68. The summed E-state index contributed by atoms with van der Waals surface area (Å²) in [7, 11) is 0. The Morgan fingerprint density at radius 2 is 1.06 bits per heavy atom. The van der Waals surface area contributed by atoms with Crippen LogP contribution in [-0.4, -0.2) is 19.9 Å². The smallest absolute Gasteiger partial charge is 0.0978 e. The van der Waals surface area contributed by atoms with E-state index in [-0.39, 0.29) is 0 Å². The van der Waals surface area contributed by atoms with Crippen LogP contribution in [0.4, 0.5) is 0 Å². The van der Waals surface area contributed by atoms with E-state index in [1.807, 2.05) is 24.5 Å². The topological polar surface area (TPSA) is 51.6 Å². The Bertz CT molecular complexity index is 3240. The quantitative estimate of drug-likeness (QED) is 0.140. The number of nitrogens with zero attached hydrogens (tertiary/aromatic N) is 4. The standard InChI is InChI=1S/C48H28N4/c1-2-8-30(9-3-1)44-38-11-4-5-13-43(38)52-48-39(44)22-18-31-20-23-42(51-46(31)48)34-17-15-29-14-16-32-26-33(19-21-36(32)40(29)27-34)41-28-35-10-6-24-49-45(35)47-37(41)12-7-25-50-47/h1-28H. The molecule has 0 saturated heterocycles. The molecular formula is C48H28N4. The van der Waals surface area contributed by atoms with Gasteiger partial charge in [-0.05, 0) is 80.7 Å². The molecule has 0 spiro atoms. The zero-order chi connectivity index (χ0) is 34.2. The predicted octanol–water partition coefficient (Wildman–Crippen LogP) is 12.3. The van der Waals surface area contributed by atoms with E-state index in [2.05, 4.69) is 151 Å². The number of hydrogen-bond acceptors (Lipinski definition) is 4. The van der Waals surface area contributed by atoms with Crippen LogP contribution in [-0.2, 0) is 0 Å². The maximum atomic E-state index is 5.34. The SMILES string of the molecule is c1ccc(-c2c3ccccc3nc3c2ccc2ccc(-c4ccc5ccc6cc(-c7cc8cccnc8c8ncccc78)ccc6c5c4)nc23)cc1. The van der Waals surface area contributed by atoms with Crippen molar-refractivity contribution in [2.24, 2.45) is 0 Å². The van der Waals surface area contributed by atoms with Gasteiger partial charge in [0.1, 0.15) is 0 Å². The van der Waals surface area contributed by atoms with Gasteiger partial charge >= 0.3 is 0 Å². The van der Waals surface area contributed by atoms with Crippen LogP contribution in [0.1, 0.15) is 0 Å². The molecule has 7 aromatic carbocycles. The number of para-hydroxylation sites is 1. The van der Waals surface area contributed by atoms with Crippen molar-refractivity contribution < 1.29 is 0 Å². The maximum Gasteiger partial charge on any atom is 0.0978 e. The Balaban J connectivity index is 1.08. The van der Waals surface area contributed by atoms with Gasteiger partial charge in [-0.1, -0.05) is 115 Å². The first-order valence-electron chi connectivity index (χ1n) is 17.5. The average Bonchev–Trinajstić information content (AvgIpc) is 3.22. The highest BCUT2D eigenvalue weighted by Crippen LogP contribution is 2.39. The van der Waals surface area contributed by atoms with E-state index in [0.717, 1.165) is 76.9 Å². The first-order valence-corrected chi connectivity index (χ1v) is 17.5. The second-order valence-electron chi connectivity index (χ2n) is 13.4. The Hall–Kier alpha value is -7.04. The molecule has 4 aromatic heterocycles.